The summed E-state index contributed by atoms with van der Waals surface area (Å²) in [5.74, 6) is 0.956. The Bertz CT molecular complexity index is 1270. The number of nitrogens with one attached hydrogen (secondary N) is 1. The highest BCUT2D eigenvalue weighted by molar-refractivity contribution is 5.85. The van der Waals surface area contributed by atoms with Crippen LogP contribution in [0.2, 0.25) is 0 Å². The fraction of sp³-hybridized carbons (Fsp3) is 0.318. The molecule has 0 amide bonds. The molecule has 1 N–H and O–H groups in total. The molecule has 1 saturated heterocycles. The van der Waals surface area contributed by atoms with E-state index in [-0.39, 0.29) is 24.8 Å². The van der Waals surface area contributed by atoms with Crippen molar-refractivity contribution in [1.82, 2.24) is 34.7 Å². The van der Waals surface area contributed by atoms with E-state index < -0.39 is 0 Å². The lowest BCUT2D eigenvalue weighted by atomic mass is 10.1. The fourth-order valence-electron chi connectivity index (χ4n) is 4.12. The number of nitriles is 1. The Hall–Kier alpha value is -3.19. The standard InChI is InChI=1S/C22H23N9.2ClH/c1-24-18-4-3-7-30(13-18)20-6-5-15(9-25-20)21-22-16(8-23)10-27-31(22)14-19(28-21)17-11-26-29(2)12-17;;/h5-6,9-12,14,18,24H,3-4,7,13H2,1-2H3;2*1H. The summed E-state index contributed by atoms with van der Waals surface area (Å²) in [5, 5.41) is 21.6. The maximum absolute atomic E-state index is 9.58. The minimum absolute atomic E-state index is 0. The number of aromatic nitrogens is 6. The first-order valence-electron chi connectivity index (χ1n) is 10.3. The van der Waals surface area contributed by atoms with Gasteiger partial charge in [-0.15, -0.1) is 24.8 Å². The number of rotatable bonds is 4. The molecule has 4 aromatic heterocycles. The summed E-state index contributed by atoms with van der Waals surface area (Å²) in [5.41, 5.74) is 4.31. The topological polar surface area (TPSA) is 100.0 Å². The molecule has 1 aliphatic heterocycles. The summed E-state index contributed by atoms with van der Waals surface area (Å²) >= 11 is 0. The molecule has 1 unspecified atom stereocenters. The van der Waals surface area contributed by atoms with E-state index in [9.17, 15) is 5.26 Å². The van der Waals surface area contributed by atoms with E-state index in [2.05, 4.69) is 26.5 Å². The van der Waals surface area contributed by atoms with Gasteiger partial charge >= 0.3 is 0 Å². The second-order valence-electron chi connectivity index (χ2n) is 7.82. The predicted octanol–water partition coefficient (Wildman–Crippen LogP) is 3.10. The number of aryl methyl sites for hydroxylation is 1. The van der Waals surface area contributed by atoms with Crippen LogP contribution in [0.4, 0.5) is 5.82 Å². The summed E-state index contributed by atoms with van der Waals surface area (Å²) in [6, 6.07) is 6.76. The summed E-state index contributed by atoms with van der Waals surface area (Å²) in [6.45, 7) is 1.95. The van der Waals surface area contributed by atoms with Gasteiger partial charge < -0.3 is 10.2 Å². The normalized spacial score (nSPS) is 15.5. The van der Waals surface area contributed by atoms with Crippen LogP contribution in [0, 0.1) is 11.3 Å². The van der Waals surface area contributed by atoms with Crippen LogP contribution in [-0.2, 0) is 7.05 Å². The Labute approximate surface area is 204 Å². The molecule has 5 heterocycles. The molecule has 1 atom stereocenters. The van der Waals surface area contributed by atoms with Crippen LogP contribution in [0.25, 0.3) is 28.0 Å². The first kappa shape index (κ1) is 24.5. The van der Waals surface area contributed by atoms with Crippen molar-refractivity contribution in [2.24, 2.45) is 7.05 Å². The third-order valence-corrected chi connectivity index (χ3v) is 5.79. The molecule has 1 fully saturated rings. The summed E-state index contributed by atoms with van der Waals surface area (Å²) in [4.78, 5) is 11.9. The van der Waals surface area contributed by atoms with Gasteiger partial charge in [0.05, 0.1) is 30.0 Å². The minimum atomic E-state index is 0. The van der Waals surface area contributed by atoms with Crippen LogP contribution in [0.3, 0.4) is 0 Å². The Morgan fingerprint density at radius 3 is 2.61 bits per heavy atom. The molecule has 0 radical (unpaired) electrons. The second-order valence-corrected chi connectivity index (χ2v) is 7.82. The van der Waals surface area contributed by atoms with E-state index in [0.29, 0.717) is 22.8 Å². The number of likely N-dealkylation sites (N-methyl/N-ethyl adjacent to an activating group) is 1. The quantitative estimate of drug-likeness (QED) is 0.473. The van der Waals surface area contributed by atoms with Crippen molar-refractivity contribution in [2.75, 3.05) is 25.0 Å². The molecule has 0 bridgehead atoms. The minimum Gasteiger partial charge on any atom is -0.355 e. The van der Waals surface area contributed by atoms with Gasteiger partial charge in [-0.05, 0) is 32.0 Å². The highest BCUT2D eigenvalue weighted by atomic mass is 35.5. The number of halogens is 2. The zero-order valence-corrected chi connectivity index (χ0v) is 20.0. The zero-order chi connectivity index (χ0) is 21.4. The molecular weight excluding hydrogens is 461 g/mol. The third-order valence-electron chi connectivity index (χ3n) is 5.79. The molecule has 5 rings (SSSR count). The number of hydrogen-bond acceptors (Lipinski definition) is 7. The predicted molar refractivity (Wildman–Crippen MR) is 132 cm³/mol. The lowest BCUT2D eigenvalue weighted by molar-refractivity contribution is 0.447. The molecular formula is C22H25Cl2N9. The van der Waals surface area contributed by atoms with Crippen LogP contribution in [0.5, 0.6) is 0 Å². The zero-order valence-electron chi connectivity index (χ0n) is 18.3. The first-order valence-corrected chi connectivity index (χ1v) is 10.3. The molecule has 4 aromatic rings. The van der Waals surface area contributed by atoms with Gasteiger partial charge in [-0.2, -0.15) is 15.5 Å². The molecule has 0 spiro atoms. The Morgan fingerprint density at radius 2 is 1.94 bits per heavy atom. The number of pyridine rings is 1. The lowest BCUT2D eigenvalue weighted by Crippen LogP contribution is -2.44. The second kappa shape index (κ2) is 10.2. The third kappa shape index (κ3) is 4.64. The molecule has 0 aliphatic carbocycles. The Balaban J connectivity index is 0.00000153. The van der Waals surface area contributed by atoms with Crippen molar-refractivity contribution < 1.29 is 0 Å². The average Bonchev–Trinajstić information content (AvgIpc) is 3.44. The first-order chi connectivity index (χ1) is 15.2. The number of anilines is 1. The average molecular weight is 486 g/mol. The van der Waals surface area contributed by atoms with Crippen molar-refractivity contribution in [1.29, 1.82) is 5.26 Å². The maximum Gasteiger partial charge on any atom is 0.128 e. The van der Waals surface area contributed by atoms with E-state index in [1.54, 1.807) is 21.6 Å². The largest absolute Gasteiger partial charge is 0.355 e. The van der Waals surface area contributed by atoms with E-state index in [4.69, 9.17) is 9.97 Å². The van der Waals surface area contributed by atoms with E-state index in [1.807, 2.05) is 44.8 Å². The molecule has 1 aliphatic rings. The van der Waals surface area contributed by atoms with Crippen molar-refractivity contribution >= 4 is 36.1 Å². The highest BCUT2D eigenvalue weighted by Gasteiger charge is 2.20. The van der Waals surface area contributed by atoms with Gasteiger partial charge in [0, 0.05) is 49.7 Å². The maximum atomic E-state index is 9.58. The molecule has 172 valence electrons. The number of nitrogens with zero attached hydrogens (tertiary/aromatic N) is 8. The Morgan fingerprint density at radius 1 is 1.09 bits per heavy atom. The SMILES string of the molecule is CNC1CCCN(c2ccc(-c3nc(-c4cnn(C)c4)cn4ncc(C#N)c34)cn2)C1.Cl.Cl. The molecule has 33 heavy (non-hydrogen) atoms. The van der Waals surface area contributed by atoms with Crippen molar-refractivity contribution in [3.63, 3.8) is 0 Å². The van der Waals surface area contributed by atoms with Gasteiger partial charge in [-0.3, -0.25) is 4.68 Å². The van der Waals surface area contributed by atoms with Crippen molar-refractivity contribution in [2.45, 2.75) is 18.9 Å². The van der Waals surface area contributed by atoms with Crippen LogP contribution in [0.15, 0.2) is 43.1 Å². The van der Waals surface area contributed by atoms with Gasteiger partial charge in [-0.1, -0.05) is 0 Å². The van der Waals surface area contributed by atoms with E-state index in [0.717, 1.165) is 42.1 Å². The van der Waals surface area contributed by atoms with Gasteiger partial charge in [-0.25, -0.2) is 14.5 Å². The summed E-state index contributed by atoms with van der Waals surface area (Å²) < 4.78 is 3.44. The van der Waals surface area contributed by atoms with E-state index >= 15 is 0 Å². The van der Waals surface area contributed by atoms with Crippen LogP contribution in [0.1, 0.15) is 18.4 Å². The lowest BCUT2D eigenvalue weighted by Gasteiger charge is -2.33. The number of fused-ring (bicyclic) bond motifs is 1. The Kier molecular flexibility index (Phi) is 7.53. The molecule has 9 nitrogen and oxygen atoms in total. The monoisotopic (exact) mass is 485 g/mol. The number of piperidine rings is 1. The number of hydrogen-bond donors (Lipinski definition) is 1. The van der Waals surface area contributed by atoms with Gasteiger partial charge in [0.15, 0.2) is 0 Å². The van der Waals surface area contributed by atoms with Crippen LogP contribution >= 0.6 is 24.8 Å². The van der Waals surface area contributed by atoms with Crippen molar-refractivity contribution in [3.05, 3.63) is 48.7 Å². The van der Waals surface area contributed by atoms with Gasteiger partial charge in [0.25, 0.3) is 0 Å². The highest BCUT2D eigenvalue weighted by Crippen LogP contribution is 2.29. The van der Waals surface area contributed by atoms with Crippen LogP contribution in [-0.4, -0.2) is 55.5 Å². The smallest absolute Gasteiger partial charge is 0.128 e. The summed E-state index contributed by atoms with van der Waals surface area (Å²) in [6.07, 6.45) is 11.2. The fourth-order valence-corrected chi connectivity index (χ4v) is 4.12. The van der Waals surface area contributed by atoms with E-state index in [1.165, 1.54) is 6.42 Å². The van der Waals surface area contributed by atoms with Gasteiger partial charge in [0.1, 0.15) is 23.0 Å². The van der Waals surface area contributed by atoms with Crippen molar-refractivity contribution in [3.8, 4) is 28.6 Å². The summed E-state index contributed by atoms with van der Waals surface area (Å²) in [7, 11) is 3.88. The van der Waals surface area contributed by atoms with Gasteiger partial charge in [0.2, 0.25) is 0 Å². The molecule has 11 heteroatoms. The molecule has 0 aromatic carbocycles. The molecule has 0 saturated carbocycles. The van der Waals surface area contributed by atoms with Crippen LogP contribution < -0.4 is 10.2 Å².